The molecule has 0 saturated heterocycles. The first-order chi connectivity index (χ1) is 10.5. The molecule has 1 aliphatic carbocycles. The van der Waals surface area contributed by atoms with Gasteiger partial charge in [-0.25, -0.2) is 13.5 Å². The molecular weight excluding hydrogens is 288 g/mol. The number of hydrogen-bond donors (Lipinski definition) is 1. The first kappa shape index (κ1) is 14.7. The van der Waals surface area contributed by atoms with Crippen molar-refractivity contribution < 1.29 is 13.6 Å². The van der Waals surface area contributed by atoms with Gasteiger partial charge >= 0.3 is 0 Å². The summed E-state index contributed by atoms with van der Waals surface area (Å²) in [4.78, 5) is 12.2. The number of aryl methyl sites for hydroxylation is 1. The second-order valence-corrected chi connectivity index (χ2v) is 5.63. The quantitative estimate of drug-likeness (QED) is 0.936. The molecule has 2 aromatic rings. The highest BCUT2D eigenvalue weighted by molar-refractivity contribution is 6.04. The summed E-state index contributed by atoms with van der Waals surface area (Å²) >= 11 is 0. The molecule has 3 rings (SSSR count). The molecule has 1 amide bonds. The first-order valence-corrected chi connectivity index (χ1v) is 7.37. The minimum Gasteiger partial charge on any atom is -0.307 e. The Morgan fingerprint density at radius 1 is 1.27 bits per heavy atom. The zero-order valence-corrected chi connectivity index (χ0v) is 12.3. The first-order valence-electron chi connectivity index (χ1n) is 7.37. The molecule has 1 saturated carbocycles. The topological polar surface area (TPSA) is 46.9 Å². The van der Waals surface area contributed by atoms with Gasteiger partial charge in [0.2, 0.25) is 0 Å². The number of nitrogens with one attached hydrogen (secondary N) is 1. The number of benzene rings is 1. The molecule has 0 atom stereocenters. The van der Waals surface area contributed by atoms with E-state index >= 15 is 0 Å². The van der Waals surface area contributed by atoms with Gasteiger partial charge in [0.1, 0.15) is 17.5 Å². The number of carbonyl (C=O) groups excluding carboxylic acids is 1. The highest BCUT2D eigenvalue weighted by Gasteiger charge is 2.22. The van der Waals surface area contributed by atoms with Crippen LogP contribution < -0.4 is 5.32 Å². The van der Waals surface area contributed by atoms with Crippen LogP contribution in [0.15, 0.2) is 24.3 Å². The summed E-state index contributed by atoms with van der Waals surface area (Å²) < 4.78 is 28.7. The van der Waals surface area contributed by atoms with Crippen LogP contribution in [0.25, 0.3) is 0 Å². The van der Waals surface area contributed by atoms with Crippen LogP contribution in [-0.4, -0.2) is 15.7 Å². The smallest absolute Gasteiger partial charge is 0.259 e. The standard InChI is InChI=1S/C16H17F2N3O/c1-10-8-15(21(20-10)12-4-2-3-5-12)19-16(22)13-9-11(17)6-7-14(13)18/h6-9,12H,2-5H2,1H3,(H,19,22). The molecule has 0 bridgehead atoms. The normalized spacial score (nSPS) is 15.2. The SMILES string of the molecule is Cc1cc(NC(=O)c2cc(F)ccc2F)n(C2CCCC2)n1. The maximum Gasteiger partial charge on any atom is 0.259 e. The number of nitrogens with zero attached hydrogens (tertiary/aromatic N) is 2. The van der Waals surface area contributed by atoms with E-state index in [-0.39, 0.29) is 11.6 Å². The third-order valence-corrected chi connectivity index (χ3v) is 3.94. The molecule has 0 spiro atoms. The Labute approximate surface area is 127 Å². The Morgan fingerprint density at radius 3 is 2.73 bits per heavy atom. The lowest BCUT2D eigenvalue weighted by Gasteiger charge is -2.14. The average molecular weight is 305 g/mol. The zero-order chi connectivity index (χ0) is 15.7. The molecule has 1 N–H and O–H groups in total. The van der Waals surface area contributed by atoms with Crippen LogP contribution in [0.3, 0.4) is 0 Å². The van der Waals surface area contributed by atoms with Crippen LogP contribution in [-0.2, 0) is 0 Å². The molecule has 0 aliphatic heterocycles. The maximum absolute atomic E-state index is 13.7. The Bertz CT molecular complexity index is 705. The van der Waals surface area contributed by atoms with Gasteiger partial charge in [-0.05, 0) is 38.0 Å². The number of halogens is 2. The van der Waals surface area contributed by atoms with Crippen molar-refractivity contribution >= 4 is 11.7 Å². The fraction of sp³-hybridized carbons (Fsp3) is 0.375. The molecule has 1 aromatic heterocycles. The van der Waals surface area contributed by atoms with Gasteiger partial charge in [-0.3, -0.25) is 4.79 Å². The van der Waals surface area contributed by atoms with Crippen molar-refractivity contribution in [3.63, 3.8) is 0 Å². The predicted octanol–water partition coefficient (Wildman–Crippen LogP) is 3.84. The Balaban J connectivity index is 1.86. The van der Waals surface area contributed by atoms with Gasteiger partial charge in [-0.15, -0.1) is 0 Å². The lowest BCUT2D eigenvalue weighted by Crippen LogP contribution is -2.19. The summed E-state index contributed by atoms with van der Waals surface area (Å²) in [6.45, 7) is 1.84. The molecule has 116 valence electrons. The summed E-state index contributed by atoms with van der Waals surface area (Å²) in [5, 5.41) is 7.06. The molecule has 1 heterocycles. The molecule has 0 radical (unpaired) electrons. The van der Waals surface area contributed by atoms with Crippen molar-refractivity contribution in [1.29, 1.82) is 0 Å². The van der Waals surface area contributed by atoms with Gasteiger partial charge in [-0.1, -0.05) is 12.8 Å². The van der Waals surface area contributed by atoms with Crippen molar-refractivity contribution in [2.75, 3.05) is 5.32 Å². The summed E-state index contributed by atoms with van der Waals surface area (Å²) in [5.41, 5.74) is 0.471. The van der Waals surface area contributed by atoms with E-state index in [1.54, 1.807) is 10.7 Å². The monoisotopic (exact) mass is 305 g/mol. The minimum atomic E-state index is -0.748. The molecule has 4 nitrogen and oxygen atoms in total. The van der Waals surface area contributed by atoms with Crippen molar-refractivity contribution in [3.05, 3.63) is 47.2 Å². The Morgan fingerprint density at radius 2 is 2.00 bits per heavy atom. The average Bonchev–Trinajstić information content (AvgIpc) is 3.11. The minimum absolute atomic E-state index is 0.251. The molecule has 1 aliphatic rings. The van der Waals surface area contributed by atoms with Crippen LogP contribution in [0.2, 0.25) is 0 Å². The van der Waals surface area contributed by atoms with Gasteiger partial charge in [-0.2, -0.15) is 5.10 Å². The van der Waals surface area contributed by atoms with Gasteiger partial charge in [0.15, 0.2) is 0 Å². The molecular formula is C16H17F2N3O. The van der Waals surface area contributed by atoms with E-state index < -0.39 is 17.5 Å². The third kappa shape index (κ3) is 2.86. The maximum atomic E-state index is 13.7. The van der Waals surface area contributed by atoms with E-state index in [0.717, 1.165) is 49.6 Å². The van der Waals surface area contributed by atoms with E-state index in [4.69, 9.17) is 0 Å². The fourth-order valence-electron chi connectivity index (χ4n) is 2.89. The molecule has 0 unspecified atom stereocenters. The molecule has 1 fully saturated rings. The number of aromatic nitrogens is 2. The van der Waals surface area contributed by atoms with Crippen molar-refractivity contribution in [2.24, 2.45) is 0 Å². The van der Waals surface area contributed by atoms with Crippen molar-refractivity contribution in [2.45, 2.75) is 38.6 Å². The van der Waals surface area contributed by atoms with Crippen LogP contribution in [0.5, 0.6) is 0 Å². The highest BCUT2D eigenvalue weighted by Crippen LogP contribution is 2.32. The predicted molar refractivity (Wildman–Crippen MR) is 78.8 cm³/mol. The number of rotatable bonds is 3. The Hall–Kier alpha value is -2.24. The van der Waals surface area contributed by atoms with Crippen LogP contribution in [0, 0.1) is 18.6 Å². The van der Waals surface area contributed by atoms with Crippen LogP contribution >= 0.6 is 0 Å². The van der Waals surface area contributed by atoms with Gasteiger partial charge in [0.05, 0.1) is 17.3 Å². The lowest BCUT2D eigenvalue weighted by atomic mass is 10.2. The summed E-state index contributed by atoms with van der Waals surface area (Å²) in [7, 11) is 0. The van der Waals surface area contributed by atoms with Crippen molar-refractivity contribution in [1.82, 2.24) is 9.78 Å². The van der Waals surface area contributed by atoms with E-state index in [2.05, 4.69) is 10.4 Å². The van der Waals surface area contributed by atoms with E-state index in [9.17, 15) is 13.6 Å². The summed E-state index contributed by atoms with van der Waals surface area (Å²) in [6.07, 6.45) is 4.29. The number of amides is 1. The second-order valence-electron chi connectivity index (χ2n) is 5.63. The lowest BCUT2D eigenvalue weighted by molar-refractivity contribution is 0.102. The van der Waals surface area contributed by atoms with Crippen molar-refractivity contribution in [3.8, 4) is 0 Å². The third-order valence-electron chi connectivity index (χ3n) is 3.94. The van der Waals surface area contributed by atoms with Gasteiger partial charge < -0.3 is 5.32 Å². The molecule has 1 aromatic carbocycles. The van der Waals surface area contributed by atoms with E-state index in [0.29, 0.717) is 5.82 Å². The molecule has 6 heteroatoms. The van der Waals surface area contributed by atoms with Crippen LogP contribution in [0.1, 0.15) is 47.8 Å². The zero-order valence-electron chi connectivity index (χ0n) is 12.3. The highest BCUT2D eigenvalue weighted by atomic mass is 19.1. The largest absolute Gasteiger partial charge is 0.307 e. The summed E-state index contributed by atoms with van der Waals surface area (Å²) in [6, 6.07) is 4.82. The van der Waals surface area contributed by atoms with E-state index in [1.807, 2.05) is 6.92 Å². The number of hydrogen-bond acceptors (Lipinski definition) is 2. The van der Waals surface area contributed by atoms with E-state index in [1.165, 1.54) is 0 Å². The molecule has 22 heavy (non-hydrogen) atoms. The van der Waals surface area contributed by atoms with Crippen LogP contribution in [0.4, 0.5) is 14.6 Å². The summed E-state index contributed by atoms with van der Waals surface area (Å²) in [5.74, 6) is -1.54. The second kappa shape index (κ2) is 5.87. The van der Waals surface area contributed by atoms with Gasteiger partial charge in [0, 0.05) is 6.07 Å². The number of anilines is 1. The number of carbonyl (C=O) groups is 1. The fourth-order valence-corrected chi connectivity index (χ4v) is 2.89. The Kier molecular flexibility index (Phi) is 3.92. The van der Waals surface area contributed by atoms with Gasteiger partial charge in [0.25, 0.3) is 5.91 Å².